The molecule has 0 rings (SSSR count). The first-order chi connectivity index (χ1) is 7.52. The molecule has 0 aliphatic rings. The van der Waals surface area contributed by atoms with Crippen LogP contribution in [0.2, 0.25) is 0 Å². The molecule has 0 aromatic rings. The maximum Gasteiger partial charge on any atom is 0.0589 e. The summed E-state index contributed by atoms with van der Waals surface area (Å²) in [6.07, 6.45) is 0. The Morgan fingerprint density at radius 1 is 1.19 bits per heavy atom. The van der Waals surface area contributed by atoms with Gasteiger partial charge in [0, 0.05) is 25.7 Å². The van der Waals surface area contributed by atoms with Gasteiger partial charge in [0.2, 0.25) is 0 Å². The van der Waals surface area contributed by atoms with Gasteiger partial charge in [-0.25, -0.2) is 0 Å². The summed E-state index contributed by atoms with van der Waals surface area (Å²) in [6, 6.07) is 1.18. The Morgan fingerprint density at radius 3 is 2.25 bits per heavy atom. The van der Waals surface area contributed by atoms with E-state index in [2.05, 4.69) is 44.8 Å². The lowest BCUT2D eigenvalue weighted by molar-refractivity contribution is 0.108. The Labute approximate surface area is 102 Å². The van der Waals surface area contributed by atoms with E-state index in [1.54, 1.807) is 7.11 Å². The molecule has 0 amide bonds. The Hall–Kier alpha value is -0.120. The lowest BCUT2D eigenvalue weighted by Gasteiger charge is -2.32. The topological polar surface area (TPSA) is 24.5 Å². The second-order valence-corrected chi connectivity index (χ2v) is 4.90. The van der Waals surface area contributed by atoms with Gasteiger partial charge in [-0.2, -0.15) is 0 Å². The van der Waals surface area contributed by atoms with Crippen LogP contribution in [0.1, 0.15) is 34.6 Å². The molecule has 3 nitrogen and oxygen atoms in total. The normalized spacial score (nSPS) is 15.8. The van der Waals surface area contributed by atoms with Gasteiger partial charge in [0.1, 0.15) is 0 Å². The van der Waals surface area contributed by atoms with Crippen molar-refractivity contribution in [2.75, 3.05) is 33.4 Å². The van der Waals surface area contributed by atoms with Crippen molar-refractivity contribution in [3.05, 3.63) is 0 Å². The zero-order chi connectivity index (χ0) is 12.6. The van der Waals surface area contributed by atoms with Crippen LogP contribution >= 0.6 is 0 Å². The third kappa shape index (κ3) is 6.46. The van der Waals surface area contributed by atoms with Gasteiger partial charge >= 0.3 is 0 Å². The molecule has 0 saturated carbocycles. The van der Waals surface area contributed by atoms with Crippen LogP contribution in [0.3, 0.4) is 0 Å². The van der Waals surface area contributed by atoms with E-state index < -0.39 is 0 Å². The largest absolute Gasteiger partial charge is 0.383 e. The molecule has 0 aromatic carbocycles. The van der Waals surface area contributed by atoms with E-state index in [0.717, 1.165) is 26.2 Å². The average Bonchev–Trinajstić information content (AvgIpc) is 2.26. The highest BCUT2D eigenvalue weighted by atomic mass is 16.5. The zero-order valence-corrected chi connectivity index (χ0v) is 11.9. The van der Waals surface area contributed by atoms with Crippen LogP contribution in [0, 0.1) is 5.92 Å². The van der Waals surface area contributed by atoms with E-state index in [1.807, 2.05) is 0 Å². The van der Waals surface area contributed by atoms with Gasteiger partial charge < -0.3 is 10.1 Å². The predicted octanol–water partition coefficient (Wildman–Crippen LogP) is 1.98. The highest BCUT2D eigenvalue weighted by Gasteiger charge is 2.18. The molecular weight excluding hydrogens is 200 g/mol. The summed E-state index contributed by atoms with van der Waals surface area (Å²) in [4.78, 5) is 2.48. The van der Waals surface area contributed by atoms with Crippen LogP contribution in [0.25, 0.3) is 0 Å². The Balaban J connectivity index is 3.99. The van der Waals surface area contributed by atoms with E-state index in [9.17, 15) is 0 Å². The lowest BCUT2D eigenvalue weighted by Crippen LogP contribution is -2.43. The monoisotopic (exact) mass is 230 g/mol. The van der Waals surface area contributed by atoms with E-state index in [4.69, 9.17) is 4.74 Å². The highest BCUT2D eigenvalue weighted by molar-refractivity contribution is 4.74. The predicted molar refractivity (Wildman–Crippen MR) is 70.9 cm³/mol. The fourth-order valence-electron chi connectivity index (χ4n) is 1.81. The standard InChI is InChI=1S/C13H30N2O/c1-7-15(8-9-16-6)13(5)12(4)10-14-11(2)3/h11-14H,7-10H2,1-6H3. The summed E-state index contributed by atoms with van der Waals surface area (Å²) < 4.78 is 5.14. The molecule has 3 heteroatoms. The molecule has 98 valence electrons. The SMILES string of the molecule is CCN(CCOC)C(C)C(C)CNC(C)C. The van der Waals surface area contributed by atoms with Gasteiger partial charge in [-0.3, -0.25) is 4.90 Å². The van der Waals surface area contributed by atoms with Gasteiger partial charge in [0.05, 0.1) is 6.61 Å². The van der Waals surface area contributed by atoms with Crippen LogP contribution < -0.4 is 5.32 Å². The van der Waals surface area contributed by atoms with E-state index in [-0.39, 0.29) is 0 Å². The Morgan fingerprint density at radius 2 is 1.81 bits per heavy atom. The summed E-state index contributed by atoms with van der Waals surface area (Å²) >= 11 is 0. The van der Waals surface area contributed by atoms with Crippen molar-refractivity contribution in [3.63, 3.8) is 0 Å². The molecule has 1 N–H and O–H groups in total. The first-order valence-electron chi connectivity index (χ1n) is 6.49. The molecule has 16 heavy (non-hydrogen) atoms. The maximum atomic E-state index is 5.14. The summed E-state index contributed by atoms with van der Waals surface area (Å²) in [5.41, 5.74) is 0. The average molecular weight is 230 g/mol. The minimum absolute atomic E-state index is 0.573. The second kappa shape index (κ2) is 8.97. The smallest absolute Gasteiger partial charge is 0.0589 e. The highest BCUT2D eigenvalue weighted by Crippen LogP contribution is 2.10. The van der Waals surface area contributed by atoms with E-state index >= 15 is 0 Å². The fraction of sp³-hybridized carbons (Fsp3) is 1.00. The molecular formula is C13H30N2O. The van der Waals surface area contributed by atoms with E-state index in [1.165, 1.54) is 0 Å². The van der Waals surface area contributed by atoms with Crippen molar-refractivity contribution < 1.29 is 4.74 Å². The third-order valence-corrected chi connectivity index (χ3v) is 3.24. The zero-order valence-electron chi connectivity index (χ0n) is 11.9. The molecule has 0 aliphatic carbocycles. The summed E-state index contributed by atoms with van der Waals surface area (Å²) in [5, 5.41) is 3.50. The Kier molecular flexibility index (Phi) is 8.90. The first-order valence-corrected chi connectivity index (χ1v) is 6.49. The summed E-state index contributed by atoms with van der Waals surface area (Å²) in [7, 11) is 1.77. The number of rotatable bonds is 9. The van der Waals surface area contributed by atoms with Crippen molar-refractivity contribution in [1.29, 1.82) is 0 Å². The van der Waals surface area contributed by atoms with Gasteiger partial charge in [-0.05, 0) is 25.9 Å². The fourth-order valence-corrected chi connectivity index (χ4v) is 1.81. The quantitative estimate of drug-likeness (QED) is 0.655. The number of hydrogen-bond acceptors (Lipinski definition) is 3. The van der Waals surface area contributed by atoms with Gasteiger partial charge in [0.25, 0.3) is 0 Å². The number of nitrogens with zero attached hydrogens (tertiary/aromatic N) is 1. The van der Waals surface area contributed by atoms with Crippen molar-refractivity contribution in [1.82, 2.24) is 10.2 Å². The minimum atomic E-state index is 0.573. The van der Waals surface area contributed by atoms with Crippen LogP contribution in [-0.2, 0) is 4.74 Å². The molecule has 0 fully saturated rings. The molecule has 0 saturated heterocycles. The molecule has 2 atom stereocenters. The third-order valence-electron chi connectivity index (χ3n) is 3.24. The van der Waals surface area contributed by atoms with Crippen LogP contribution in [0.4, 0.5) is 0 Å². The van der Waals surface area contributed by atoms with E-state index in [0.29, 0.717) is 18.0 Å². The maximum absolute atomic E-state index is 5.14. The van der Waals surface area contributed by atoms with Gasteiger partial charge in [-0.15, -0.1) is 0 Å². The van der Waals surface area contributed by atoms with Crippen molar-refractivity contribution >= 4 is 0 Å². The molecule has 0 heterocycles. The number of methoxy groups -OCH3 is 1. The minimum Gasteiger partial charge on any atom is -0.383 e. The summed E-state index contributed by atoms with van der Waals surface area (Å²) in [5.74, 6) is 0.666. The molecule has 0 spiro atoms. The van der Waals surface area contributed by atoms with Crippen molar-refractivity contribution in [3.8, 4) is 0 Å². The molecule has 0 bridgehead atoms. The number of likely N-dealkylation sites (N-methyl/N-ethyl adjacent to an activating group) is 1. The van der Waals surface area contributed by atoms with Gasteiger partial charge in [0.15, 0.2) is 0 Å². The summed E-state index contributed by atoms with van der Waals surface area (Å²) in [6.45, 7) is 15.3. The second-order valence-electron chi connectivity index (χ2n) is 4.90. The Bertz CT molecular complexity index is 162. The van der Waals surface area contributed by atoms with Crippen LogP contribution in [-0.4, -0.2) is 50.3 Å². The van der Waals surface area contributed by atoms with Crippen molar-refractivity contribution in [2.45, 2.75) is 46.7 Å². The van der Waals surface area contributed by atoms with Crippen LogP contribution in [0.15, 0.2) is 0 Å². The molecule has 2 unspecified atom stereocenters. The molecule has 0 aliphatic heterocycles. The molecule has 0 aromatic heterocycles. The van der Waals surface area contributed by atoms with Crippen molar-refractivity contribution in [2.24, 2.45) is 5.92 Å². The number of nitrogens with one attached hydrogen (secondary N) is 1. The molecule has 0 radical (unpaired) electrons. The lowest BCUT2D eigenvalue weighted by atomic mass is 10.0. The number of ether oxygens (including phenoxy) is 1. The van der Waals surface area contributed by atoms with Crippen LogP contribution in [0.5, 0.6) is 0 Å². The number of hydrogen-bond donors (Lipinski definition) is 1. The van der Waals surface area contributed by atoms with Gasteiger partial charge in [-0.1, -0.05) is 27.7 Å². The first kappa shape index (κ1) is 15.9.